The summed E-state index contributed by atoms with van der Waals surface area (Å²) in [7, 11) is 0. The molecule has 1 aliphatic rings. The average Bonchev–Trinajstić information content (AvgIpc) is 2.99. The van der Waals surface area contributed by atoms with Crippen molar-refractivity contribution < 1.29 is 14.8 Å². The number of hydrogen-bond donors (Lipinski definition) is 1. The monoisotopic (exact) mass is 321 g/mol. The molecular weight excluding hydrogens is 294 g/mol. The van der Waals surface area contributed by atoms with E-state index in [0.29, 0.717) is 32.5 Å². The van der Waals surface area contributed by atoms with E-state index in [1.165, 1.54) is 0 Å². The fraction of sp³-hybridized carbons (Fsp3) is 0.667. The third kappa shape index (κ3) is 4.30. The highest BCUT2D eigenvalue weighted by Gasteiger charge is 2.54. The van der Waals surface area contributed by atoms with Gasteiger partial charge in [-0.3, -0.25) is 10.1 Å². The van der Waals surface area contributed by atoms with Gasteiger partial charge in [-0.25, -0.2) is 0 Å². The number of benzene rings is 1. The predicted molar refractivity (Wildman–Crippen MR) is 88.6 cm³/mol. The summed E-state index contributed by atoms with van der Waals surface area (Å²) in [6.07, 6.45) is 3.34. The quantitative estimate of drug-likeness (QED) is 0.558. The molecule has 0 aromatic heterocycles. The average molecular weight is 321 g/mol. The standard InChI is InChI=1S/C18H27NO4/c1-15(13-23-14-16-7-3-2-4-8-16)17-9-5-10-18(17,19(21)22)11-6-12-20/h2-4,7-8,15,17,20H,5-6,9-14H2,1H3/t15-,17+,18-/m0/s1. The van der Waals surface area contributed by atoms with Crippen LogP contribution in [0.15, 0.2) is 30.3 Å². The highest BCUT2D eigenvalue weighted by molar-refractivity contribution is 5.13. The largest absolute Gasteiger partial charge is 0.396 e. The first-order valence-electron chi connectivity index (χ1n) is 8.47. The number of hydrogen-bond acceptors (Lipinski definition) is 4. The van der Waals surface area contributed by atoms with Crippen molar-refractivity contribution in [2.24, 2.45) is 11.8 Å². The first-order chi connectivity index (χ1) is 11.1. The maximum Gasteiger partial charge on any atom is 0.225 e. The smallest absolute Gasteiger partial charge is 0.225 e. The third-order valence-corrected chi connectivity index (χ3v) is 5.13. The Morgan fingerprint density at radius 1 is 1.43 bits per heavy atom. The second-order valence-electron chi connectivity index (χ2n) is 6.66. The van der Waals surface area contributed by atoms with Crippen molar-refractivity contribution >= 4 is 0 Å². The van der Waals surface area contributed by atoms with Crippen LogP contribution in [0.4, 0.5) is 0 Å². The van der Waals surface area contributed by atoms with E-state index >= 15 is 0 Å². The Kier molecular flexibility index (Phi) is 6.54. The fourth-order valence-corrected chi connectivity index (χ4v) is 3.96. The van der Waals surface area contributed by atoms with Gasteiger partial charge in [0.05, 0.1) is 13.2 Å². The van der Waals surface area contributed by atoms with E-state index in [2.05, 4.69) is 6.92 Å². The maximum absolute atomic E-state index is 11.7. The molecule has 0 amide bonds. The minimum Gasteiger partial charge on any atom is -0.396 e. The second kappa shape index (κ2) is 8.41. The predicted octanol–water partition coefficient (Wildman–Crippen LogP) is 3.43. The van der Waals surface area contributed by atoms with Crippen molar-refractivity contribution in [3.05, 3.63) is 46.0 Å². The number of nitro groups is 1. The van der Waals surface area contributed by atoms with Gasteiger partial charge in [-0.05, 0) is 30.7 Å². The van der Waals surface area contributed by atoms with E-state index in [0.717, 1.165) is 18.4 Å². The van der Waals surface area contributed by atoms with E-state index in [1.807, 2.05) is 30.3 Å². The molecule has 1 N–H and O–H groups in total. The van der Waals surface area contributed by atoms with Gasteiger partial charge in [0.25, 0.3) is 0 Å². The molecule has 5 nitrogen and oxygen atoms in total. The molecule has 1 aliphatic carbocycles. The fourth-order valence-electron chi connectivity index (χ4n) is 3.96. The summed E-state index contributed by atoms with van der Waals surface area (Å²) in [5, 5.41) is 20.8. The highest BCUT2D eigenvalue weighted by atomic mass is 16.6. The SMILES string of the molecule is C[C@@H](COCc1ccccc1)[C@H]1CCC[C@@]1(CCCO)[N+](=O)[O-]. The molecular formula is C18H27NO4. The minimum absolute atomic E-state index is 0.0151. The molecule has 0 unspecified atom stereocenters. The molecule has 0 saturated heterocycles. The number of nitrogens with zero attached hydrogens (tertiary/aromatic N) is 1. The van der Waals surface area contributed by atoms with Crippen LogP contribution in [0.3, 0.4) is 0 Å². The Bertz CT molecular complexity index is 493. The van der Waals surface area contributed by atoms with Gasteiger partial charge in [0, 0.05) is 30.3 Å². The van der Waals surface area contributed by atoms with Crippen molar-refractivity contribution in [1.82, 2.24) is 0 Å². The molecule has 0 bridgehead atoms. The van der Waals surface area contributed by atoms with Crippen LogP contribution in [0.5, 0.6) is 0 Å². The molecule has 1 aromatic rings. The van der Waals surface area contributed by atoms with Crippen LogP contribution < -0.4 is 0 Å². The van der Waals surface area contributed by atoms with Crippen molar-refractivity contribution in [3.8, 4) is 0 Å². The first-order valence-corrected chi connectivity index (χ1v) is 8.47. The lowest BCUT2D eigenvalue weighted by Gasteiger charge is -2.31. The van der Waals surface area contributed by atoms with Gasteiger partial charge in [-0.15, -0.1) is 0 Å². The zero-order valence-electron chi connectivity index (χ0n) is 13.8. The Morgan fingerprint density at radius 2 is 2.17 bits per heavy atom. The zero-order chi connectivity index (χ0) is 16.7. The van der Waals surface area contributed by atoms with E-state index in [-0.39, 0.29) is 23.4 Å². The van der Waals surface area contributed by atoms with Crippen LogP contribution in [0, 0.1) is 22.0 Å². The zero-order valence-corrected chi connectivity index (χ0v) is 13.8. The topological polar surface area (TPSA) is 72.6 Å². The van der Waals surface area contributed by atoms with E-state index in [9.17, 15) is 10.1 Å². The Labute approximate surface area is 137 Å². The van der Waals surface area contributed by atoms with Gasteiger partial charge in [0.15, 0.2) is 0 Å². The number of rotatable bonds is 9. The van der Waals surface area contributed by atoms with Crippen molar-refractivity contribution in [2.75, 3.05) is 13.2 Å². The summed E-state index contributed by atoms with van der Waals surface area (Å²) in [6.45, 7) is 3.15. The molecule has 0 spiro atoms. The molecule has 1 saturated carbocycles. The molecule has 0 heterocycles. The van der Waals surface area contributed by atoms with Crippen LogP contribution in [0.25, 0.3) is 0 Å². The molecule has 0 aliphatic heterocycles. The number of aliphatic hydroxyl groups is 1. The van der Waals surface area contributed by atoms with Crippen LogP contribution in [-0.2, 0) is 11.3 Å². The molecule has 23 heavy (non-hydrogen) atoms. The van der Waals surface area contributed by atoms with Crippen molar-refractivity contribution in [1.29, 1.82) is 0 Å². The van der Waals surface area contributed by atoms with Crippen molar-refractivity contribution in [3.63, 3.8) is 0 Å². The lowest BCUT2D eigenvalue weighted by molar-refractivity contribution is -0.581. The van der Waals surface area contributed by atoms with Gasteiger partial charge in [-0.1, -0.05) is 37.3 Å². The lowest BCUT2D eigenvalue weighted by Crippen LogP contribution is -2.45. The van der Waals surface area contributed by atoms with Crippen LogP contribution in [-0.4, -0.2) is 28.8 Å². The lowest BCUT2D eigenvalue weighted by atomic mass is 9.77. The van der Waals surface area contributed by atoms with Gasteiger partial charge < -0.3 is 9.84 Å². The van der Waals surface area contributed by atoms with Crippen molar-refractivity contribution in [2.45, 2.75) is 51.2 Å². The molecule has 2 rings (SSSR count). The Morgan fingerprint density at radius 3 is 2.83 bits per heavy atom. The molecule has 1 fully saturated rings. The van der Waals surface area contributed by atoms with E-state index in [4.69, 9.17) is 9.84 Å². The van der Waals surface area contributed by atoms with Crippen LogP contribution in [0.2, 0.25) is 0 Å². The van der Waals surface area contributed by atoms with Gasteiger partial charge >= 0.3 is 0 Å². The second-order valence-corrected chi connectivity index (χ2v) is 6.66. The molecule has 3 atom stereocenters. The van der Waals surface area contributed by atoms with E-state index in [1.54, 1.807) is 0 Å². The van der Waals surface area contributed by atoms with Crippen LogP contribution in [0.1, 0.15) is 44.6 Å². The number of ether oxygens (including phenoxy) is 1. The van der Waals surface area contributed by atoms with Gasteiger partial charge in [-0.2, -0.15) is 0 Å². The Balaban J connectivity index is 1.93. The van der Waals surface area contributed by atoms with E-state index < -0.39 is 5.54 Å². The summed E-state index contributed by atoms with van der Waals surface area (Å²) in [6, 6.07) is 9.96. The third-order valence-electron chi connectivity index (χ3n) is 5.13. The highest BCUT2D eigenvalue weighted by Crippen LogP contribution is 2.45. The summed E-state index contributed by atoms with van der Waals surface area (Å²) in [5.41, 5.74) is 0.241. The number of aliphatic hydroxyl groups excluding tert-OH is 1. The normalized spacial score (nSPS) is 25.4. The minimum atomic E-state index is -0.877. The molecule has 5 heteroatoms. The first kappa shape index (κ1) is 17.9. The summed E-state index contributed by atoms with van der Waals surface area (Å²) < 4.78 is 5.80. The summed E-state index contributed by atoms with van der Waals surface area (Å²) in [4.78, 5) is 11.6. The summed E-state index contributed by atoms with van der Waals surface area (Å²) >= 11 is 0. The Hall–Kier alpha value is -1.46. The van der Waals surface area contributed by atoms with Gasteiger partial charge in [0.1, 0.15) is 0 Å². The maximum atomic E-state index is 11.7. The van der Waals surface area contributed by atoms with Gasteiger partial charge in [0.2, 0.25) is 5.54 Å². The summed E-state index contributed by atoms with van der Waals surface area (Å²) in [5.74, 6) is 0.171. The molecule has 1 aromatic carbocycles. The molecule has 0 radical (unpaired) electrons. The van der Waals surface area contributed by atoms with Crippen LogP contribution >= 0.6 is 0 Å². The molecule has 128 valence electrons.